The minimum Gasteiger partial charge on any atom is -0.410 e. The van der Waals surface area contributed by atoms with Crippen LogP contribution in [0.4, 0.5) is 10.5 Å². The standard InChI is InChI=1S/C20H15NO4/c1-3-16-18-20(25-18,13(2)22)15-11-7-8-12-17(15)21(16)19(23)24-14-9-5-4-6-10-14/h1,4-12,16,18H,2H3/t16-,18-,20+/m0/s1. The van der Waals surface area contributed by atoms with Crippen LogP contribution in [0, 0.1) is 12.3 Å². The Bertz CT molecular complexity index is 901. The molecule has 2 aliphatic rings. The van der Waals surface area contributed by atoms with Gasteiger partial charge in [0.05, 0.1) is 5.69 Å². The fourth-order valence-corrected chi connectivity index (χ4v) is 3.44. The molecular weight excluding hydrogens is 318 g/mol. The van der Waals surface area contributed by atoms with Crippen molar-refractivity contribution in [1.82, 2.24) is 0 Å². The van der Waals surface area contributed by atoms with Crippen LogP contribution >= 0.6 is 0 Å². The van der Waals surface area contributed by atoms with Gasteiger partial charge < -0.3 is 9.47 Å². The number of nitrogens with zero attached hydrogens (tertiary/aromatic N) is 1. The van der Waals surface area contributed by atoms with Crippen LogP contribution in [0.5, 0.6) is 5.75 Å². The van der Waals surface area contributed by atoms with Gasteiger partial charge in [0.1, 0.15) is 17.9 Å². The van der Waals surface area contributed by atoms with Crippen LogP contribution < -0.4 is 9.64 Å². The van der Waals surface area contributed by atoms with Gasteiger partial charge in [-0.2, -0.15) is 0 Å². The van der Waals surface area contributed by atoms with Crippen molar-refractivity contribution in [3.63, 3.8) is 0 Å². The SMILES string of the molecule is C#C[C@H]1[C@@H]2O[C@]2(C(C)=O)c2ccccc2N1C(=O)Oc1ccccc1. The number of hydrogen-bond acceptors (Lipinski definition) is 4. The van der Waals surface area contributed by atoms with E-state index in [0.717, 1.165) is 0 Å². The second kappa shape index (κ2) is 5.47. The Kier molecular flexibility index (Phi) is 3.38. The summed E-state index contributed by atoms with van der Waals surface area (Å²) in [5.74, 6) is 2.87. The van der Waals surface area contributed by atoms with E-state index >= 15 is 0 Å². The summed E-state index contributed by atoms with van der Waals surface area (Å²) in [6.45, 7) is 1.47. The number of para-hydroxylation sites is 2. The highest BCUT2D eigenvalue weighted by Gasteiger charge is 2.70. The first-order valence-corrected chi connectivity index (χ1v) is 7.90. The summed E-state index contributed by atoms with van der Waals surface area (Å²) in [6, 6.07) is 15.2. The number of fused-ring (bicyclic) bond motifs is 3. The highest BCUT2D eigenvalue weighted by molar-refractivity contribution is 5.99. The third kappa shape index (κ3) is 2.15. The van der Waals surface area contributed by atoms with Gasteiger partial charge in [-0.1, -0.05) is 42.3 Å². The number of ketones is 1. The van der Waals surface area contributed by atoms with Gasteiger partial charge in [-0.25, -0.2) is 4.79 Å². The lowest BCUT2D eigenvalue weighted by Crippen LogP contribution is -2.50. The molecule has 0 spiro atoms. The average Bonchev–Trinajstić information content (AvgIpc) is 3.38. The summed E-state index contributed by atoms with van der Waals surface area (Å²) >= 11 is 0. The third-order valence-electron chi connectivity index (χ3n) is 4.62. The molecule has 0 N–H and O–H groups in total. The van der Waals surface area contributed by atoms with Crippen molar-refractivity contribution >= 4 is 17.6 Å². The lowest BCUT2D eigenvalue weighted by Gasteiger charge is -2.33. The summed E-state index contributed by atoms with van der Waals surface area (Å²) < 4.78 is 11.2. The minimum atomic E-state index is -1.06. The van der Waals surface area contributed by atoms with E-state index in [4.69, 9.17) is 15.9 Å². The molecule has 0 bridgehead atoms. The molecule has 0 aliphatic carbocycles. The van der Waals surface area contributed by atoms with Crippen molar-refractivity contribution in [2.24, 2.45) is 0 Å². The van der Waals surface area contributed by atoms with E-state index in [1.54, 1.807) is 48.5 Å². The fraction of sp³-hybridized carbons (Fsp3) is 0.200. The molecule has 2 aromatic carbocycles. The van der Waals surface area contributed by atoms with Crippen LogP contribution in [-0.4, -0.2) is 24.0 Å². The van der Waals surface area contributed by atoms with Gasteiger partial charge in [0.2, 0.25) is 0 Å². The predicted octanol–water partition coefficient (Wildman–Crippen LogP) is 2.89. The predicted molar refractivity (Wildman–Crippen MR) is 91.2 cm³/mol. The Hall–Kier alpha value is -3.10. The molecule has 1 fully saturated rings. The molecule has 0 unspecified atom stereocenters. The molecule has 124 valence electrons. The van der Waals surface area contributed by atoms with Gasteiger partial charge in [0, 0.05) is 5.56 Å². The van der Waals surface area contributed by atoms with Crippen molar-refractivity contribution in [2.75, 3.05) is 4.90 Å². The van der Waals surface area contributed by atoms with Crippen LogP contribution in [0.15, 0.2) is 54.6 Å². The smallest absolute Gasteiger partial charge is 0.410 e. The maximum atomic E-state index is 12.8. The number of ether oxygens (including phenoxy) is 2. The molecule has 2 aromatic rings. The van der Waals surface area contributed by atoms with Gasteiger partial charge in [0.25, 0.3) is 0 Å². The summed E-state index contributed by atoms with van der Waals surface area (Å²) in [7, 11) is 0. The molecule has 25 heavy (non-hydrogen) atoms. The summed E-state index contributed by atoms with van der Waals surface area (Å²) in [6.07, 6.45) is 4.50. The number of hydrogen-bond donors (Lipinski definition) is 0. The fourth-order valence-electron chi connectivity index (χ4n) is 3.44. The number of rotatable bonds is 2. The molecule has 5 heteroatoms. The first-order chi connectivity index (χ1) is 12.1. The summed E-state index contributed by atoms with van der Waals surface area (Å²) in [5, 5.41) is 0. The number of carbonyl (C=O) groups is 2. The first-order valence-electron chi connectivity index (χ1n) is 7.90. The monoisotopic (exact) mass is 333 g/mol. The topological polar surface area (TPSA) is 59.1 Å². The zero-order valence-corrected chi connectivity index (χ0v) is 13.5. The molecular formula is C20H15NO4. The van der Waals surface area contributed by atoms with Gasteiger partial charge in [-0.05, 0) is 25.1 Å². The number of benzene rings is 2. The van der Waals surface area contributed by atoms with Gasteiger partial charge >= 0.3 is 6.09 Å². The molecule has 4 rings (SSSR count). The molecule has 2 heterocycles. The molecule has 1 amide bonds. The lowest BCUT2D eigenvalue weighted by molar-refractivity contribution is -0.122. The van der Waals surface area contributed by atoms with Crippen molar-refractivity contribution in [3.8, 4) is 18.1 Å². The van der Waals surface area contributed by atoms with E-state index in [9.17, 15) is 9.59 Å². The zero-order valence-electron chi connectivity index (χ0n) is 13.5. The summed E-state index contributed by atoms with van der Waals surface area (Å²) in [5.41, 5.74) is 0.122. The lowest BCUT2D eigenvalue weighted by atomic mass is 9.83. The Morgan fingerprint density at radius 3 is 2.52 bits per heavy atom. The second-order valence-electron chi connectivity index (χ2n) is 6.01. The van der Waals surface area contributed by atoms with Crippen molar-refractivity contribution in [1.29, 1.82) is 0 Å². The van der Waals surface area contributed by atoms with Crippen LogP contribution in [-0.2, 0) is 15.1 Å². The number of amides is 1. The molecule has 2 aliphatic heterocycles. The molecule has 0 radical (unpaired) electrons. The number of anilines is 1. The minimum absolute atomic E-state index is 0.124. The number of terminal acetylenes is 1. The Labute approximate surface area is 145 Å². The van der Waals surface area contributed by atoms with Crippen LogP contribution in [0.3, 0.4) is 0 Å². The highest BCUT2D eigenvalue weighted by atomic mass is 16.6. The quantitative estimate of drug-likeness (QED) is 0.626. The Morgan fingerprint density at radius 2 is 1.84 bits per heavy atom. The first kappa shape index (κ1) is 15.4. The van der Waals surface area contributed by atoms with Gasteiger partial charge in [0.15, 0.2) is 11.4 Å². The number of carbonyl (C=O) groups excluding carboxylic acids is 2. The maximum Gasteiger partial charge on any atom is 0.420 e. The molecule has 3 atom stereocenters. The second-order valence-corrected chi connectivity index (χ2v) is 6.01. The van der Waals surface area contributed by atoms with E-state index in [2.05, 4.69) is 5.92 Å². The molecule has 1 saturated heterocycles. The van der Waals surface area contributed by atoms with Crippen molar-refractivity contribution in [3.05, 3.63) is 60.2 Å². The molecule has 5 nitrogen and oxygen atoms in total. The normalized spacial score (nSPS) is 26.0. The van der Waals surface area contributed by atoms with E-state index in [-0.39, 0.29) is 5.78 Å². The summed E-state index contributed by atoms with van der Waals surface area (Å²) in [4.78, 5) is 26.4. The molecule has 0 aromatic heterocycles. The molecule has 0 saturated carbocycles. The number of Topliss-reactive ketones (excluding diaryl/α,β-unsaturated/α-hetero) is 1. The largest absolute Gasteiger partial charge is 0.420 e. The van der Waals surface area contributed by atoms with E-state index in [1.807, 2.05) is 6.07 Å². The van der Waals surface area contributed by atoms with E-state index in [0.29, 0.717) is 17.0 Å². The maximum absolute atomic E-state index is 12.8. The number of epoxide rings is 1. The highest BCUT2D eigenvalue weighted by Crippen LogP contribution is 2.56. The van der Waals surface area contributed by atoms with Crippen molar-refractivity contribution in [2.45, 2.75) is 24.7 Å². The Balaban J connectivity index is 1.77. The van der Waals surface area contributed by atoms with E-state index in [1.165, 1.54) is 11.8 Å². The van der Waals surface area contributed by atoms with Crippen LogP contribution in [0.1, 0.15) is 12.5 Å². The van der Waals surface area contributed by atoms with Crippen LogP contribution in [0.2, 0.25) is 0 Å². The zero-order chi connectivity index (χ0) is 17.6. The van der Waals surface area contributed by atoms with Gasteiger partial charge in [-0.15, -0.1) is 6.42 Å². The third-order valence-corrected chi connectivity index (χ3v) is 4.62. The van der Waals surface area contributed by atoms with Gasteiger partial charge in [-0.3, -0.25) is 9.69 Å². The average molecular weight is 333 g/mol. The van der Waals surface area contributed by atoms with E-state index < -0.39 is 23.8 Å². The van der Waals surface area contributed by atoms with Crippen LogP contribution in [0.25, 0.3) is 0 Å². The Morgan fingerprint density at radius 1 is 1.16 bits per heavy atom. The van der Waals surface area contributed by atoms with Crippen molar-refractivity contribution < 1.29 is 19.1 Å².